The van der Waals surface area contributed by atoms with E-state index in [9.17, 15) is 13.2 Å². The highest BCUT2D eigenvalue weighted by Crippen LogP contribution is 2.39. The van der Waals surface area contributed by atoms with Crippen LogP contribution in [0.5, 0.6) is 0 Å². The number of aryl methyl sites for hydroxylation is 1. The number of halogens is 3. The number of fused-ring (bicyclic) bond motifs is 1. The Morgan fingerprint density at radius 3 is 2.79 bits per heavy atom. The molecule has 1 unspecified atom stereocenters. The maximum atomic E-state index is 12.5. The minimum Gasteiger partial charge on any atom is -0.327 e. The van der Waals surface area contributed by atoms with E-state index in [1.807, 2.05) is 0 Å². The molecule has 2 rings (SSSR count). The zero-order valence-electron chi connectivity index (χ0n) is 7.40. The molecular formula is C9H10F3NS. The van der Waals surface area contributed by atoms with Gasteiger partial charge in [0.1, 0.15) is 0 Å². The van der Waals surface area contributed by atoms with E-state index >= 15 is 0 Å². The third-order valence-corrected chi connectivity index (χ3v) is 3.58. The van der Waals surface area contributed by atoms with Crippen molar-refractivity contribution in [2.24, 2.45) is 5.73 Å². The summed E-state index contributed by atoms with van der Waals surface area (Å²) in [6.45, 7) is 0. The summed E-state index contributed by atoms with van der Waals surface area (Å²) >= 11 is 1.21. The molecule has 5 heteroatoms. The lowest BCUT2D eigenvalue weighted by molar-refractivity contribution is -0.138. The van der Waals surface area contributed by atoms with E-state index in [-0.39, 0.29) is 6.04 Å². The topological polar surface area (TPSA) is 26.0 Å². The number of thiophene rings is 1. The highest BCUT2D eigenvalue weighted by molar-refractivity contribution is 7.10. The van der Waals surface area contributed by atoms with E-state index in [2.05, 4.69) is 0 Å². The van der Waals surface area contributed by atoms with Gasteiger partial charge in [-0.3, -0.25) is 0 Å². The van der Waals surface area contributed by atoms with Gasteiger partial charge >= 0.3 is 6.18 Å². The molecule has 0 saturated carbocycles. The van der Waals surface area contributed by atoms with Gasteiger partial charge in [0.25, 0.3) is 0 Å². The Kier molecular flexibility index (Phi) is 2.31. The Balaban J connectivity index is 2.41. The monoisotopic (exact) mass is 221 g/mol. The van der Waals surface area contributed by atoms with Crippen molar-refractivity contribution >= 4 is 11.3 Å². The highest BCUT2D eigenvalue weighted by atomic mass is 32.1. The Hall–Kier alpha value is -0.550. The number of alkyl halides is 3. The molecule has 0 spiro atoms. The summed E-state index contributed by atoms with van der Waals surface area (Å²) < 4.78 is 37.5. The summed E-state index contributed by atoms with van der Waals surface area (Å²) in [5.41, 5.74) is 5.61. The summed E-state index contributed by atoms with van der Waals surface area (Å²) in [4.78, 5) is 0.860. The van der Waals surface area contributed by atoms with Gasteiger partial charge in [-0.25, -0.2) is 0 Å². The van der Waals surface area contributed by atoms with E-state index in [4.69, 9.17) is 5.73 Å². The first-order valence-electron chi connectivity index (χ1n) is 4.40. The molecule has 1 aromatic heterocycles. The van der Waals surface area contributed by atoms with Gasteiger partial charge < -0.3 is 5.73 Å². The Morgan fingerprint density at radius 2 is 2.14 bits per heavy atom. The highest BCUT2D eigenvalue weighted by Gasteiger charge is 2.36. The number of hydrogen-bond donors (Lipinski definition) is 1. The van der Waals surface area contributed by atoms with Crippen molar-refractivity contribution in [1.82, 2.24) is 0 Å². The summed E-state index contributed by atoms with van der Waals surface area (Å²) in [5, 5.41) is 1.21. The standard InChI is InChI=1S/C9H10F3NS/c10-9(11,12)7-4-14-8-2-1-5(13)3-6(7)8/h4-5H,1-3,13H2. The van der Waals surface area contributed by atoms with Crippen LogP contribution >= 0.6 is 11.3 Å². The maximum Gasteiger partial charge on any atom is 0.417 e. The second-order valence-electron chi connectivity index (χ2n) is 3.55. The molecule has 1 aliphatic rings. The fourth-order valence-electron chi connectivity index (χ4n) is 1.77. The van der Waals surface area contributed by atoms with Crippen LogP contribution < -0.4 is 5.73 Å². The molecule has 0 aromatic carbocycles. The first-order chi connectivity index (χ1) is 6.48. The van der Waals surface area contributed by atoms with E-state index in [0.717, 1.165) is 11.3 Å². The van der Waals surface area contributed by atoms with Crippen molar-refractivity contribution in [2.45, 2.75) is 31.5 Å². The quantitative estimate of drug-likeness (QED) is 0.716. The number of hydrogen-bond acceptors (Lipinski definition) is 2. The normalized spacial score (nSPS) is 22.1. The molecule has 0 amide bonds. The van der Waals surface area contributed by atoms with Crippen molar-refractivity contribution in [3.63, 3.8) is 0 Å². The van der Waals surface area contributed by atoms with Gasteiger partial charge in [-0.05, 0) is 24.8 Å². The molecule has 1 atom stereocenters. The van der Waals surface area contributed by atoms with Crippen LogP contribution in [0.3, 0.4) is 0 Å². The molecule has 0 fully saturated rings. The zero-order valence-corrected chi connectivity index (χ0v) is 8.21. The third kappa shape index (κ3) is 1.66. The summed E-state index contributed by atoms with van der Waals surface area (Å²) in [5.74, 6) is 0. The van der Waals surface area contributed by atoms with Crippen molar-refractivity contribution in [3.05, 3.63) is 21.4 Å². The van der Waals surface area contributed by atoms with Crippen molar-refractivity contribution in [1.29, 1.82) is 0 Å². The first kappa shape index (κ1) is 9.98. The fourth-order valence-corrected chi connectivity index (χ4v) is 2.88. The molecule has 14 heavy (non-hydrogen) atoms. The molecule has 1 aliphatic carbocycles. The lowest BCUT2D eigenvalue weighted by atomic mass is 9.92. The molecule has 0 saturated heterocycles. The van der Waals surface area contributed by atoms with Gasteiger partial charge in [0, 0.05) is 16.3 Å². The van der Waals surface area contributed by atoms with Crippen LogP contribution in [0.25, 0.3) is 0 Å². The second-order valence-corrected chi connectivity index (χ2v) is 4.52. The van der Waals surface area contributed by atoms with Crippen LogP contribution in [-0.4, -0.2) is 6.04 Å². The molecular weight excluding hydrogens is 211 g/mol. The van der Waals surface area contributed by atoms with E-state index in [1.54, 1.807) is 0 Å². The molecule has 0 radical (unpaired) electrons. The summed E-state index contributed by atoms with van der Waals surface area (Å²) in [7, 11) is 0. The smallest absolute Gasteiger partial charge is 0.327 e. The predicted molar refractivity (Wildman–Crippen MR) is 49.3 cm³/mol. The molecule has 1 nitrogen and oxygen atoms in total. The molecule has 0 aliphatic heterocycles. The third-order valence-electron chi connectivity index (χ3n) is 2.49. The minimum absolute atomic E-state index is 0.113. The largest absolute Gasteiger partial charge is 0.417 e. The van der Waals surface area contributed by atoms with E-state index in [0.29, 0.717) is 18.4 Å². The van der Waals surface area contributed by atoms with Crippen molar-refractivity contribution in [3.8, 4) is 0 Å². The van der Waals surface area contributed by atoms with Crippen molar-refractivity contribution in [2.75, 3.05) is 0 Å². The number of nitrogens with two attached hydrogens (primary N) is 1. The van der Waals surface area contributed by atoms with Gasteiger partial charge in [0.15, 0.2) is 0 Å². The Morgan fingerprint density at radius 1 is 1.43 bits per heavy atom. The minimum atomic E-state index is -4.22. The average Bonchev–Trinajstić information content (AvgIpc) is 2.45. The van der Waals surface area contributed by atoms with Gasteiger partial charge in [0.2, 0.25) is 0 Å². The predicted octanol–water partition coefficient (Wildman–Crippen LogP) is 2.58. The van der Waals surface area contributed by atoms with Gasteiger partial charge in [-0.15, -0.1) is 11.3 Å². The van der Waals surface area contributed by atoms with Crippen molar-refractivity contribution < 1.29 is 13.2 Å². The molecule has 1 aromatic rings. The van der Waals surface area contributed by atoms with E-state index in [1.165, 1.54) is 16.7 Å². The van der Waals surface area contributed by atoms with Crippen LogP contribution in [0.1, 0.15) is 22.4 Å². The Bertz CT molecular complexity index is 342. The van der Waals surface area contributed by atoms with Crippen LogP contribution in [0.2, 0.25) is 0 Å². The average molecular weight is 221 g/mol. The lowest BCUT2D eigenvalue weighted by Gasteiger charge is -2.19. The second kappa shape index (κ2) is 3.24. The van der Waals surface area contributed by atoms with Gasteiger partial charge in [0.05, 0.1) is 5.56 Å². The van der Waals surface area contributed by atoms with Crippen LogP contribution in [0, 0.1) is 0 Å². The maximum absolute atomic E-state index is 12.5. The number of rotatable bonds is 0. The molecule has 1 heterocycles. The fraction of sp³-hybridized carbons (Fsp3) is 0.556. The van der Waals surface area contributed by atoms with Gasteiger partial charge in [-0.1, -0.05) is 0 Å². The molecule has 0 bridgehead atoms. The van der Waals surface area contributed by atoms with Crippen LogP contribution in [0.15, 0.2) is 5.38 Å². The van der Waals surface area contributed by atoms with Crippen LogP contribution in [0.4, 0.5) is 13.2 Å². The first-order valence-corrected chi connectivity index (χ1v) is 5.28. The molecule has 78 valence electrons. The Labute approximate surface area is 83.7 Å². The summed E-state index contributed by atoms with van der Waals surface area (Å²) in [6, 6.07) is -0.113. The molecule has 2 N–H and O–H groups in total. The lowest BCUT2D eigenvalue weighted by Crippen LogP contribution is -2.28. The SMILES string of the molecule is NC1CCc2scc(C(F)(F)F)c2C1. The zero-order chi connectivity index (χ0) is 10.3. The summed E-state index contributed by atoms with van der Waals surface area (Å²) in [6.07, 6.45) is -2.36. The van der Waals surface area contributed by atoms with E-state index < -0.39 is 11.7 Å². The van der Waals surface area contributed by atoms with Gasteiger partial charge in [-0.2, -0.15) is 13.2 Å². The van der Waals surface area contributed by atoms with Crippen LogP contribution in [-0.2, 0) is 19.0 Å².